The van der Waals surface area contributed by atoms with E-state index in [-0.39, 0.29) is 11.4 Å². The number of sulfonamides is 1. The van der Waals surface area contributed by atoms with Gasteiger partial charge in [-0.3, -0.25) is 4.31 Å². The Morgan fingerprint density at radius 2 is 1.18 bits per heavy atom. The lowest BCUT2D eigenvalue weighted by atomic mass is 10.0. The van der Waals surface area contributed by atoms with Gasteiger partial charge in [0.05, 0.1) is 52.7 Å². The summed E-state index contributed by atoms with van der Waals surface area (Å²) >= 11 is 0. The normalized spacial score (nSPS) is 13.5. The average molecular weight is 472 g/mol. The van der Waals surface area contributed by atoms with Crippen LogP contribution in [0.5, 0.6) is 28.7 Å². The summed E-state index contributed by atoms with van der Waals surface area (Å²) in [7, 11) is 3.66. The SMILES string of the molecule is COc1ccc(CN2c3cc(OC)c(OC)cc3-c3cc(OC)c(OC)cc3S2(=O)=O)cc1. The van der Waals surface area contributed by atoms with Crippen LogP contribution in [-0.4, -0.2) is 44.0 Å². The zero-order valence-corrected chi connectivity index (χ0v) is 19.9. The van der Waals surface area contributed by atoms with Crippen molar-refractivity contribution in [3.05, 3.63) is 54.1 Å². The monoisotopic (exact) mass is 471 g/mol. The molecule has 0 bridgehead atoms. The van der Waals surface area contributed by atoms with Gasteiger partial charge in [-0.05, 0) is 29.8 Å². The second-order valence-corrected chi connectivity index (χ2v) is 9.12. The van der Waals surface area contributed by atoms with Crippen LogP contribution < -0.4 is 28.0 Å². The molecule has 1 aliphatic rings. The van der Waals surface area contributed by atoms with E-state index < -0.39 is 10.0 Å². The summed E-state index contributed by atoms with van der Waals surface area (Å²) in [5.41, 5.74) is 2.44. The van der Waals surface area contributed by atoms with E-state index in [1.54, 1.807) is 37.4 Å². The van der Waals surface area contributed by atoms with E-state index in [9.17, 15) is 8.42 Å². The van der Waals surface area contributed by atoms with E-state index in [1.807, 2.05) is 12.1 Å². The van der Waals surface area contributed by atoms with E-state index in [1.165, 1.54) is 38.8 Å². The molecule has 1 aliphatic heterocycles. The maximum Gasteiger partial charge on any atom is 0.265 e. The predicted octanol–water partition coefficient (Wildman–Crippen LogP) is 4.11. The van der Waals surface area contributed by atoms with Crippen molar-refractivity contribution in [2.24, 2.45) is 0 Å². The fraction of sp³-hybridized carbons (Fsp3) is 0.250. The molecule has 0 aliphatic carbocycles. The third-order valence-corrected chi connectivity index (χ3v) is 7.40. The van der Waals surface area contributed by atoms with Crippen LogP contribution in [0.15, 0.2) is 53.4 Å². The minimum absolute atomic E-state index is 0.114. The van der Waals surface area contributed by atoms with Gasteiger partial charge >= 0.3 is 0 Å². The van der Waals surface area contributed by atoms with Gasteiger partial charge in [0.25, 0.3) is 10.0 Å². The van der Waals surface area contributed by atoms with E-state index in [2.05, 4.69) is 0 Å². The fourth-order valence-corrected chi connectivity index (χ4v) is 5.56. The Kier molecular flexibility index (Phi) is 5.99. The molecule has 9 heteroatoms. The number of hydrogen-bond acceptors (Lipinski definition) is 7. The first-order chi connectivity index (χ1) is 15.9. The quantitative estimate of drug-likeness (QED) is 0.513. The van der Waals surface area contributed by atoms with Gasteiger partial charge in [-0.1, -0.05) is 12.1 Å². The first kappa shape index (κ1) is 22.6. The van der Waals surface area contributed by atoms with Crippen molar-refractivity contribution in [3.8, 4) is 39.9 Å². The van der Waals surface area contributed by atoms with E-state index >= 15 is 0 Å². The number of fused-ring (bicyclic) bond motifs is 3. The van der Waals surface area contributed by atoms with Gasteiger partial charge in [-0.15, -0.1) is 0 Å². The highest BCUT2D eigenvalue weighted by atomic mass is 32.2. The Morgan fingerprint density at radius 3 is 1.73 bits per heavy atom. The van der Waals surface area contributed by atoms with E-state index in [0.717, 1.165) is 5.56 Å². The number of anilines is 1. The third kappa shape index (κ3) is 3.78. The summed E-state index contributed by atoms with van der Waals surface area (Å²) in [6.45, 7) is 0.114. The number of rotatable bonds is 7. The molecule has 0 aromatic heterocycles. The first-order valence-electron chi connectivity index (χ1n) is 10.1. The summed E-state index contributed by atoms with van der Waals surface area (Å²) in [6.07, 6.45) is 0. The van der Waals surface area contributed by atoms with Crippen LogP contribution in [0, 0.1) is 0 Å². The fourth-order valence-electron chi connectivity index (χ4n) is 3.89. The Bertz CT molecular complexity index is 1290. The van der Waals surface area contributed by atoms with Gasteiger partial charge in [-0.2, -0.15) is 0 Å². The topological polar surface area (TPSA) is 83.5 Å². The van der Waals surface area contributed by atoms with Gasteiger partial charge in [0.1, 0.15) is 5.75 Å². The average Bonchev–Trinajstić information content (AvgIpc) is 2.85. The largest absolute Gasteiger partial charge is 0.497 e. The second kappa shape index (κ2) is 8.74. The zero-order valence-electron chi connectivity index (χ0n) is 19.0. The Hall–Kier alpha value is -3.59. The van der Waals surface area contributed by atoms with Crippen molar-refractivity contribution in [2.45, 2.75) is 11.4 Å². The molecule has 0 amide bonds. The lowest BCUT2D eigenvalue weighted by molar-refractivity contribution is 0.353. The standard InChI is InChI=1S/C24H25NO7S/c1-28-16-8-6-15(7-9-16)14-25-19-12-22(31-4)20(29-2)10-17(19)18-11-21(30-3)23(32-5)13-24(18)33(25,26)27/h6-13H,14H2,1-5H3. The maximum absolute atomic E-state index is 13.8. The molecule has 3 aromatic carbocycles. The molecule has 4 rings (SSSR count). The van der Waals surface area contributed by atoms with Crippen LogP contribution in [0.4, 0.5) is 5.69 Å². The number of ether oxygens (including phenoxy) is 5. The number of hydrogen-bond donors (Lipinski definition) is 0. The molecular formula is C24H25NO7S. The Labute approximate surface area is 193 Å². The molecule has 0 spiro atoms. The van der Waals surface area contributed by atoms with E-state index in [4.69, 9.17) is 23.7 Å². The molecule has 0 radical (unpaired) electrons. The number of nitrogens with zero attached hydrogens (tertiary/aromatic N) is 1. The first-order valence-corrected chi connectivity index (χ1v) is 11.5. The van der Waals surface area contributed by atoms with Crippen molar-refractivity contribution in [1.29, 1.82) is 0 Å². The lowest BCUT2D eigenvalue weighted by Crippen LogP contribution is -2.34. The molecule has 33 heavy (non-hydrogen) atoms. The summed E-state index contributed by atoms with van der Waals surface area (Å²) in [5, 5.41) is 0. The van der Waals surface area contributed by atoms with Crippen molar-refractivity contribution in [2.75, 3.05) is 39.9 Å². The summed E-state index contributed by atoms with van der Waals surface area (Å²) in [5.74, 6) is 2.36. The van der Waals surface area contributed by atoms with Gasteiger partial charge in [0.15, 0.2) is 23.0 Å². The Balaban J connectivity index is 1.97. The van der Waals surface area contributed by atoms with Gasteiger partial charge in [0.2, 0.25) is 0 Å². The second-order valence-electron chi connectivity index (χ2n) is 7.29. The van der Waals surface area contributed by atoms with Crippen LogP contribution in [0.25, 0.3) is 11.1 Å². The zero-order chi connectivity index (χ0) is 23.8. The summed E-state index contributed by atoms with van der Waals surface area (Å²) in [6, 6.07) is 13.9. The summed E-state index contributed by atoms with van der Waals surface area (Å²) in [4.78, 5) is 0.119. The number of benzene rings is 3. The highest BCUT2D eigenvalue weighted by Gasteiger charge is 2.37. The van der Waals surface area contributed by atoms with Crippen molar-refractivity contribution < 1.29 is 32.1 Å². The maximum atomic E-state index is 13.8. The molecule has 0 saturated carbocycles. The van der Waals surface area contributed by atoms with Crippen LogP contribution in [0.2, 0.25) is 0 Å². The van der Waals surface area contributed by atoms with Gasteiger partial charge in [-0.25, -0.2) is 8.42 Å². The van der Waals surface area contributed by atoms with Crippen LogP contribution >= 0.6 is 0 Å². The van der Waals surface area contributed by atoms with Crippen molar-refractivity contribution >= 4 is 15.7 Å². The highest BCUT2D eigenvalue weighted by molar-refractivity contribution is 7.93. The van der Waals surface area contributed by atoms with Crippen LogP contribution in [0.3, 0.4) is 0 Å². The molecule has 1 heterocycles. The molecule has 0 unspecified atom stereocenters. The molecule has 0 N–H and O–H groups in total. The molecular weight excluding hydrogens is 446 g/mol. The molecule has 8 nitrogen and oxygen atoms in total. The molecule has 174 valence electrons. The van der Waals surface area contributed by atoms with Gasteiger partial charge in [0, 0.05) is 23.3 Å². The molecule has 0 saturated heterocycles. The molecule has 0 fully saturated rings. The smallest absolute Gasteiger partial charge is 0.265 e. The van der Waals surface area contributed by atoms with Crippen LogP contribution in [0.1, 0.15) is 5.56 Å². The van der Waals surface area contributed by atoms with E-state index in [0.29, 0.717) is 45.6 Å². The molecule has 0 atom stereocenters. The highest BCUT2D eigenvalue weighted by Crippen LogP contribution is 2.50. The van der Waals surface area contributed by atoms with Crippen LogP contribution in [-0.2, 0) is 16.6 Å². The van der Waals surface area contributed by atoms with Crippen molar-refractivity contribution in [1.82, 2.24) is 0 Å². The molecule has 3 aromatic rings. The van der Waals surface area contributed by atoms with Crippen molar-refractivity contribution in [3.63, 3.8) is 0 Å². The lowest BCUT2D eigenvalue weighted by Gasteiger charge is -2.33. The third-order valence-electron chi connectivity index (χ3n) is 5.60. The summed E-state index contributed by atoms with van der Waals surface area (Å²) < 4.78 is 56.0. The minimum atomic E-state index is -3.94. The van der Waals surface area contributed by atoms with Gasteiger partial charge < -0.3 is 23.7 Å². The minimum Gasteiger partial charge on any atom is -0.497 e. The number of methoxy groups -OCH3 is 5. The Morgan fingerprint density at radius 1 is 0.667 bits per heavy atom. The predicted molar refractivity (Wildman–Crippen MR) is 124 cm³/mol.